The van der Waals surface area contributed by atoms with E-state index in [1.165, 1.54) is 25.1 Å². The van der Waals surface area contributed by atoms with Crippen molar-refractivity contribution in [2.45, 2.75) is 13.0 Å². The van der Waals surface area contributed by atoms with E-state index in [1.54, 1.807) is 0 Å². The zero-order chi connectivity index (χ0) is 17.1. The van der Waals surface area contributed by atoms with Crippen LogP contribution >= 0.6 is 15.9 Å². The lowest BCUT2D eigenvalue weighted by molar-refractivity contribution is 0.103. The summed E-state index contributed by atoms with van der Waals surface area (Å²) in [5, 5.41) is 0. The summed E-state index contributed by atoms with van der Waals surface area (Å²) in [5.74, 6) is -1.66. The van der Waals surface area contributed by atoms with Gasteiger partial charge in [0.2, 0.25) is 10.9 Å². The molecule has 0 saturated heterocycles. The highest BCUT2D eigenvalue weighted by molar-refractivity contribution is 9.10. The molecular formula is C15H12BrF2NO3S. The van der Waals surface area contributed by atoms with Gasteiger partial charge in [-0.05, 0) is 43.3 Å². The van der Waals surface area contributed by atoms with E-state index in [0.717, 1.165) is 18.2 Å². The van der Waals surface area contributed by atoms with E-state index in [4.69, 9.17) is 0 Å². The van der Waals surface area contributed by atoms with Crippen LogP contribution in [0.5, 0.6) is 0 Å². The third-order valence-electron chi connectivity index (χ3n) is 3.20. The first-order valence-electron chi connectivity index (χ1n) is 6.49. The Kier molecular flexibility index (Phi) is 5.61. The summed E-state index contributed by atoms with van der Waals surface area (Å²) in [6.45, 7) is 1.48. The maximum Gasteiger partial charge on any atom is 0.201 e. The molecule has 0 aliphatic carbocycles. The van der Waals surface area contributed by atoms with Gasteiger partial charge in [0, 0.05) is 27.2 Å². The van der Waals surface area contributed by atoms with Gasteiger partial charge >= 0.3 is 0 Å². The topological polar surface area (TPSA) is 63.2 Å². The van der Waals surface area contributed by atoms with Gasteiger partial charge in [0.25, 0.3) is 0 Å². The van der Waals surface area contributed by atoms with E-state index in [2.05, 4.69) is 20.7 Å². The molecule has 0 amide bonds. The van der Waals surface area contributed by atoms with Gasteiger partial charge in [-0.1, -0.05) is 15.9 Å². The summed E-state index contributed by atoms with van der Waals surface area (Å²) < 4.78 is 51.0. The highest BCUT2D eigenvalue weighted by Gasteiger charge is 2.19. The molecule has 0 bridgehead atoms. The number of carbonyl (C=O) groups is 1. The predicted molar refractivity (Wildman–Crippen MR) is 85.8 cm³/mol. The molecule has 1 N–H and O–H groups in total. The maximum absolute atomic E-state index is 14.2. The SMILES string of the molecule is CC(N[SH](=O)=O)c1cc(Br)c(C(=O)c2ccc(F)cc2)cc1F. The first-order valence-corrected chi connectivity index (χ1v) is 8.46. The quantitative estimate of drug-likeness (QED) is 0.595. The minimum absolute atomic E-state index is 0.0663. The van der Waals surface area contributed by atoms with E-state index in [-0.39, 0.29) is 16.7 Å². The lowest BCUT2D eigenvalue weighted by atomic mass is 10.00. The molecule has 0 spiro atoms. The Labute approximate surface area is 141 Å². The predicted octanol–water partition coefficient (Wildman–Crippen LogP) is 3.14. The van der Waals surface area contributed by atoms with E-state index in [9.17, 15) is 22.0 Å². The van der Waals surface area contributed by atoms with Crippen molar-refractivity contribution in [1.29, 1.82) is 0 Å². The molecule has 2 aromatic carbocycles. The van der Waals surface area contributed by atoms with Crippen LogP contribution in [0.1, 0.15) is 34.5 Å². The van der Waals surface area contributed by atoms with Crippen LogP contribution < -0.4 is 4.72 Å². The molecule has 0 heterocycles. The van der Waals surface area contributed by atoms with Crippen molar-refractivity contribution in [3.05, 3.63) is 69.2 Å². The van der Waals surface area contributed by atoms with E-state index >= 15 is 0 Å². The fourth-order valence-corrected chi connectivity index (χ4v) is 3.05. The van der Waals surface area contributed by atoms with Gasteiger partial charge in [-0.2, -0.15) is 0 Å². The molecule has 1 unspecified atom stereocenters. The second-order valence-electron chi connectivity index (χ2n) is 4.80. The molecule has 23 heavy (non-hydrogen) atoms. The van der Waals surface area contributed by atoms with Gasteiger partial charge in [-0.3, -0.25) is 4.79 Å². The van der Waals surface area contributed by atoms with Crippen LogP contribution in [0.15, 0.2) is 40.9 Å². The normalized spacial score (nSPS) is 12.4. The number of carbonyl (C=O) groups excluding carboxylic acids is 1. The smallest absolute Gasteiger partial charge is 0.201 e. The summed E-state index contributed by atoms with van der Waals surface area (Å²) in [7, 11) is -2.88. The number of hydrogen-bond acceptors (Lipinski definition) is 3. The number of rotatable bonds is 5. The Morgan fingerprint density at radius 1 is 1.17 bits per heavy atom. The van der Waals surface area contributed by atoms with E-state index < -0.39 is 34.3 Å². The van der Waals surface area contributed by atoms with Crippen LogP contribution in [0.4, 0.5) is 8.78 Å². The third-order valence-corrected chi connectivity index (χ3v) is 4.46. The average molecular weight is 404 g/mol. The highest BCUT2D eigenvalue weighted by Crippen LogP contribution is 2.27. The lowest BCUT2D eigenvalue weighted by Gasteiger charge is -2.13. The summed E-state index contributed by atoms with van der Waals surface area (Å²) >= 11 is 3.19. The van der Waals surface area contributed by atoms with Gasteiger partial charge < -0.3 is 0 Å². The maximum atomic E-state index is 14.2. The Hall–Kier alpha value is -1.64. The van der Waals surface area contributed by atoms with Gasteiger partial charge in [-0.15, -0.1) is 0 Å². The van der Waals surface area contributed by atoms with Crippen LogP contribution in [0.2, 0.25) is 0 Å². The molecule has 1 atom stereocenters. The monoisotopic (exact) mass is 403 g/mol. The second kappa shape index (κ2) is 7.29. The zero-order valence-electron chi connectivity index (χ0n) is 11.8. The highest BCUT2D eigenvalue weighted by atomic mass is 79.9. The van der Waals surface area contributed by atoms with Gasteiger partial charge in [-0.25, -0.2) is 21.9 Å². The minimum atomic E-state index is -2.88. The number of hydrogen-bond donors (Lipinski definition) is 2. The summed E-state index contributed by atoms with van der Waals surface area (Å²) in [6.07, 6.45) is 0. The average Bonchev–Trinajstić information content (AvgIpc) is 2.48. The Balaban J connectivity index is 2.39. The Morgan fingerprint density at radius 3 is 2.35 bits per heavy atom. The molecule has 0 aromatic heterocycles. The number of benzene rings is 2. The number of halogens is 3. The second-order valence-corrected chi connectivity index (χ2v) is 6.42. The van der Waals surface area contributed by atoms with Crippen LogP contribution in [0, 0.1) is 11.6 Å². The Morgan fingerprint density at radius 2 is 1.78 bits per heavy atom. The van der Waals surface area contributed by atoms with E-state index in [0.29, 0.717) is 4.47 Å². The number of thiol groups is 1. The van der Waals surface area contributed by atoms with Crippen molar-refractivity contribution >= 4 is 32.6 Å². The summed E-state index contributed by atoms with van der Waals surface area (Å²) in [5.41, 5.74) is 0.386. The molecule has 8 heteroatoms. The molecule has 2 aromatic rings. The van der Waals surface area contributed by atoms with E-state index in [1.807, 2.05) is 0 Å². The molecule has 2 rings (SSSR count). The van der Waals surface area contributed by atoms with Crippen LogP contribution in [-0.2, 0) is 10.9 Å². The van der Waals surface area contributed by atoms with Crippen molar-refractivity contribution in [1.82, 2.24) is 4.72 Å². The fraction of sp³-hybridized carbons (Fsp3) is 0.133. The van der Waals surface area contributed by atoms with Crippen molar-refractivity contribution in [2.24, 2.45) is 0 Å². The van der Waals surface area contributed by atoms with Crippen molar-refractivity contribution in [2.75, 3.05) is 0 Å². The number of nitrogens with one attached hydrogen (secondary N) is 1. The number of ketones is 1. The molecule has 0 fully saturated rings. The molecule has 0 aliphatic heterocycles. The Bertz CT molecular complexity index is 814. The van der Waals surface area contributed by atoms with Crippen LogP contribution in [0.25, 0.3) is 0 Å². The molecule has 4 nitrogen and oxygen atoms in total. The molecular weight excluding hydrogens is 392 g/mol. The first-order chi connectivity index (χ1) is 10.8. The van der Waals surface area contributed by atoms with Crippen LogP contribution in [0.3, 0.4) is 0 Å². The third kappa shape index (κ3) is 4.21. The van der Waals surface area contributed by atoms with Crippen LogP contribution in [-0.4, -0.2) is 14.2 Å². The zero-order valence-corrected chi connectivity index (χ0v) is 14.3. The minimum Gasteiger partial charge on any atom is -0.289 e. The summed E-state index contributed by atoms with van der Waals surface area (Å²) in [6, 6.07) is 6.50. The van der Waals surface area contributed by atoms with Crippen molar-refractivity contribution in [3.63, 3.8) is 0 Å². The molecule has 0 radical (unpaired) electrons. The molecule has 0 aliphatic rings. The largest absolute Gasteiger partial charge is 0.289 e. The fourth-order valence-electron chi connectivity index (χ4n) is 2.05. The van der Waals surface area contributed by atoms with Gasteiger partial charge in [0.1, 0.15) is 11.6 Å². The summed E-state index contributed by atoms with van der Waals surface area (Å²) in [4.78, 5) is 12.4. The lowest BCUT2D eigenvalue weighted by Crippen LogP contribution is -2.18. The van der Waals surface area contributed by atoms with Gasteiger partial charge in [0.15, 0.2) is 5.78 Å². The standard InChI is InChI=1S/C15H12BrF2NO3S/c1-8(19-23(21)22)11-6-13(16)12(7-14(11)18)15(20)9-2-4-10(17)5-3-9/h2-8,23H,1H3,(H,19,21,22). The first kappa shape index (κ1) is 17.7. The molecule has 122 valence electrons. The van der Waals surface area contributed by atoms with Gasteiger partial charge in [0.05, 0.1) is 0 Å². The van der Waals surface area contributed by atoms with Crippen molar-refractivity contribution in [3.8, 4) is 0 Å². The van der Waals surface area contributed by atoms with Crippen molar-refractivity contribution < 1.29 is 22.0 Å². The molecule has 0 saturated carbocycles.